The number of hydrogen-bond acceptors (Lipinski definition) is 4. The third-order valence-electron chi connectivity index (χ3n) is 4.62. The Morgan fingerprint density at radius 1 is 1.40 bits per heavy atom. The second kappa shape index (κ2) is 6.43. The van der Waals surface area contributed by atoms with Crippen molar-refractivity contribution in [1.29, 1.82) is 0 Å². The van der Waals surface area contributed by atoms with Crippen molar-refractivity contribution in [3.63, 3.8) is 0 Å². The van der Waals surface area contributed by atoms with Gasteiger partial charge in [-0.3, -0.25) is 4.79 Å². The Labute approximate surface area is 119 Å². The first-order valence-corrected chi connectivity index (χ1v) is 7.45. The predicted molar refractivity (Wildman–Crippen MR) is 75.5 cm³/mol. The predicted octanol–water partition coefficient (Wildman–Crippen LogP) is 1.22. The zero-order valence-electron chi connectivity index (χ0n) is 12.1. The van der Waals surface area contributed by atoms with E-state index in [1.54, 1.807) is 0 Å². The van der Waals surface area contributed by atoms with Gasteiger partial charge in [-0.2, -0.15) is 0 Å². The van der Waals surface area contributed by atoms with Crippen LogP contribution in [-0.2, 0) is 9.53 Å². The monoisotopic (exact) mass is 283 g/mol. The van der Waals surface area contributed by atoms with Crippen LogP contribution in [0.2, 0.25) is 0 Å². The fourth-order valence-corrected chi connectivity index (χ4v) is 3.08. The van der Waals surface area contributed by atoms with Gasteiger partial charge in [0.25, 0.3) is 0 Å². The molecule has 1 unspecified atom stereocenters. The van der Waals surface area contributed by atoms with E-state index in [2.05, 4.69) is 17.4 Å². The van der Waals surface area contributed by atoms with Gasteiger partial charge in [-0.05, 0) is 44.4 Å². The summed E-state index contributed by atoms with van der Waals surface area (Å²) in [4.78, 5) is 12.4. The molecule has 0 aromatic carbocycles. The smallest absolute Gasteiger partial charge is 0.226 e. The van der Waals surface area contributed by atoms with E-state index >= 15 is 0 Å². The van der Waals surface area contributed by atoms with Gasteiger partial charge in [0.05, 0.1) is 12.5 Å². The highest BCUT2D eigenvalue weighted by Gasteiger charge is 2.41. The largest absolute Gasteiger partial charge is 0.409 e. The minimum atomic E-state index is -0.685. The zero-order chi connectivity index (χ0) is 14.6. The van der Waals surface area contributed by atoms with E-state index in [4.69, 9.17) is 15.7 Å². The van der Waals surface area contributed by atoms with Crippen LogP contribution in [0.3, 0.4) is 0 Å². The van der Waals surface area contributed by atoms with Crippen LogP contribution >= 0.6 is 0 Å². The number of ether oxygens (including phenoxy) is 1. The van der Waals surface area contributed by atoms with Crippen molar-refractivity contribution in [2.75, 3.05) is 13.2 Å². The molecule has 20 heavy (non-hydrogen) atoms. The van der Waals surface area contributed by atoms with E-state index in [-0.39, 0.29) is 17.7 Å². The molecule has 1 aliphatic carbocycles. The lowest BCUT2D eigenvalue weighted by atomic mass is 9.76. The molecule has 6 heteroatoms. The van der Waals surface area contributed by atoms with Crippen LogP contribution in [0.5, 0.6) is 0 Å². The van der Waals surface area contributed by atoms with Crippen LogP contribution in [0, 0.1) is 11.8 Å². The molecule has 1 aliphatic heterocycles. The van der Waals surface area contributed by atoms with E-state index in [1.165, 1.54) is 0 Å². The molecule has 0 bridgehead atoms. The molecule has 2 aliphatic rings. The standard InChI is InChI=1S/C14H25N3O3/c1-10-4-6-14(7-5-10,13(15)17-19)16-12(18)11-3-2-8-20-9-11/h10-11,19H,2-9H2,1H3,(H2,15,17)(H,16,18). The molecule has 0 aromatic rings. The summed E-state index contributed by atoms with van der Waals surface area (Å²) in [7, 11) is 0. The fourth-order valence-electron chi connectivity index (χ4n) is 3.08. The average molecular weight is 283 g/mol. The molecule has 1 saturated carbocycles. The summed E-state index contributed by atoms with van der Waals surface area (Å²) in [5.74, 6) is 0.580. The average Bonchev–Trinajstić information content (AvgIpc) is 2.49. The minimum absolute atomic E-state index is 0.0362. The van der Waals surface area contributed by atoms with Crippen molar-refractivity contribution in [2.24, 2.45) is 22.7 Å². The second-order valence-corrected chi connectivity index (χ2v) is 6.15. The fraction of sp³-hybridized carbons (Fsp3) is 0.857. The van der Waals surface area contributed by atoms with Gasteiger partial charge in [-0.1, -0.05) is 12.1 Å². The lowest BCUT2D eigenvalue weighted by Gasteiger charge is -2.40. The summed E-state index contributed by atoms with van der Waals surface area (Å²) in [6.45, 7) is 3.38. The highest BCUT2D eigenvalue weighted by atomic mass is 16.5. The molecule has 0 radical (unpaired) electrons. The highest BCUT2D eigenvalue weighted by Crippen LogP contribution is 2.32. The van der Waals surface area contributed by atoms with Gasteiger partial charge >= 0.3 is 0 Å². The molecular formula is C14H25N3O3. The lowest BCUT2D eigenvalue weighted by Crippen LogP contribution is -2.60. The summed E-state index contributed by atoms with van der Waals surface area (Å²) in [5.41, 5.74) is 5.18. The molecule has 0 aromatic heterocycles. The third kappa shape index (κ3) is 3.23. The van der Waals surface area contributed by atoms with Crippen LogP contribution in [0.4, 0.5) is 0 Å². The number of amidine groups is 1. The molecular weight excluding hydrogens is 258 g/mol. The van der Waals surface area contributed by atoms with Gasteiger partial charge in [0.2, 0.25) is 5.91 Å². The molecule has 4 N–H and O–H groups in total. The third-order valence-corrected chi connectivity index (χ3v) is 4.62. The van der Waals surface area contributed by atoms with Crippen LogP contribution in [0.25, 0.3) is 0 Å². The maximum absolute atomic E-state index is 12.4. The van der Waals surface area contributed by atoms with Gasteiger partial charge in [0.1, 0.15) is 5.54 Å². The zero-order valence-corrected chi connectivity index (χ0v) is 12.1. The van der Waals surface area contributed by atoms with Gasteiger partial charge in [-0.25, -0.2) is 0 Å². The number of nitrogens with zero attached hydrogens (tertiary/aromatic N) is 1. The number of nitrogens with two attached hydrogens (primary N) is 1. The number of carbonyl (C=O) groups is 1. The Morgan fingerprint density at radius 2 is 2.10 bits per heavy atom. The van der Waals surface area contributed by atoms with E-state index in [1.807, 2.05) is 0 Å². The summed E-state index contributed by atoms with van der Waals surface area (Å²) >= 11 is 0. The van der Waals surface area contributed by atoms with Gasteiger partial charge < -0.3 is 21.0 Å². The maximum atomic E-state index is 12.4. The minimum Gasteiger partial charge on any atom is -0.409 e. The highest BCUT2D eigenvalue weighted by molar-refractivity contribution is 5.94. The van der Waals surface area contributed by atoms with Crippen molar-refractivity contribution in [1.82, 2.24) is 5.32 Å². The Balaban J connectivity index is 2.06. The Bertz CT molecular complexity index is 370. The maximum Gasteiger partial charge on any atom is 0.226 e. The number of rotatable bonds is 3. The van der Waals surface area contributed by atoms with Gasteiger partial charge in [0, 0.05) is 6.61 Å². The Kier molecular flexibility index (Phi) is 4.86. The Morgan fingerprint density at radius 3 is 2.65 bits per heavy atom. The summed E-state index contributed by atoms with van der Waals surface area (Å²) in [5, 5.41) is 15.2. The van der Waals surface area contributed by atoms with Crippen LogP contribution in [0.15, 0.2) is 5.16 Å². The molecule has 2 rings (SSSR count). The van der Waals surface area contributed by atoms with Crippen molar-refractivity contribution in [3.05, 3.63) is 0 Å². The number of nitrogens with one attached hydrogen (secondary N) is 1. The summed E-state index contributed by atoms with van der Waals surface area (Å²) < 4.78 is 5.36. The van der Waals surface area contributed by atoms with E-state index in [9.17, 15) is 4.79 Å². The molecule has 6 nitrogen and oxygen atoms in total. The first-order chi connectivity index (χ1) is 9.57. The lowest BCUT2D eigenvalue weighted by molar-refractivity contribution is -0.130. The molecule has 1 heterocycles. The van der Waals surface area contributed by atoms with Crippen LogP contribution in [-0.4, -0.2) is 35.7 Å². The molecule has 1 saturated heterocycles. The SMILES string of the molecule is CC1CCC(NC(=O)C2CCCOC2)(C(N)=NO)CC1. The van der Waals surface area contributed by atoms with E-state index in [0.717, 1.165) is 45.1 Å². The van der Waals surface area contributed by atoms with Crippen molar-refractivity contribution in [3.8, 4) is 0 Å². The van der Waals surface area contributed by atoms with Crippen molar-refractivity contribution < 1.29 is 14.7 Å². The van der Waals surface area contributed by atoms with E-state index < -0.39 is 5.54 Å². The normalized spacial score (nSPS) is 35.5. The number of hydrogen-bond donors (Lipinski definition) is 3. The topological polar surface area (TPSA) is 96.9 Å². The first kappa shape index (κ1) is 15.1. The quantitative estimate of drug-likeness (QED) is 0.314. The summed E-state index contributed by atoms with van der Waals surface area (Å²) in [6, 6.07) is 0. The molecule has 114 valence electrons. The number of carbonyl (C=O) groups excluding carboxylic acids is 1. The van der Waals surface area contributed by atoms with Crippen LogP contribution < -0.4 is 11.1 Å². The molecule has 1 atom stereocenters. The summed E-state index contributed by atoms with van der Waals surface area (Å²) in [6.07, 6.45) is 5.14. The number of oxime groups is 1. The second-order valence-electron chi connectivity index (χ2n) is 6.15. The van der Waals surface area contributed by atoms with Gasteiger partial charge in [-0.15, -0.1) is 0 Å². The van der Waals surface area contributed by atoms with Crippen LogP contribution in [0.1, 0.15) is 45.4 Å². The van der Waals surface area contributed by atoms with E-state index in [0.29, 0.717) is 12.5 Å². The molecule has 1 amide bonds. The number of amides is 1. The molecule has 0 spiro atoms. The molecule has 2 fully saturated rings. The van der Waals surface area contributed by atoms with Crippen molar-refractivity contribution in [2.45, 2.75) is 51.0 Å². The van der Waals surface area contributed by atoms with Gasteiger partial charge in [0.15, 0.2) is 5.84 Å². The Hall–Kier alpha value is -1.30. The van der Waals surface area contributed by atoms with Crippen molar-refractivity contribution >= 4 is 11.7 Å². The first-order valence-electron chi connectivity index (χ1n) is 7.45.